The highest BCUT2D eigenvalue weighted by molar-refractivity contribution is 7.22. The van der Waals surface area contributed by atoms with Crippen LogP contribution in [-0.2, 0) is 16.0 Å². The minimum Gasteiger partial charge on any atom is -0.507 e. The van der Waals surface area contributed by atoms with Crippen molar-refractivity contribution in [2.75, 3.05) is 4.90 Å². The summed E-state index contributed by atoms with van der Waals surface area (Å²) in [5.74, 6) is -0.843. The van der Waals surface area contributed by atoms with Crippen LogP contribution in [0.3, 0.4) is 0 Å². The molecule has 0 spiro atoms. The van der Waals surface area contributed by atoms with Crippen molar-refractivity contribution in [2.24, 2.45) is 0 Å². The standard InChI is InChI=1S/C28H22N2O4S/c1-15-8-10-20-22(12-15)35-28(29-20)30-24(17-6-4-3-5-7-17)23(26(32)27(30)33)25(31)18-9-11-21-19(14-18)13-16(2)34-21/h3-12,14,16,24,31H,13H2,1-2H3/b25-23+/t16-,24-/m1/s1. The van der Waals surface area contributed by atoms with Crippen molar-refractivity contribution in [3.05, 3.63) is 94.6 Å². The molecule has 0 saturated carbocycles. The number of carbonyl (C=O) groups excluding carboxylic acids is 2. The SMILES string of the molecule is Cc1ccc2nc(N3C(=O)C(=O)/C(=C(/O)c4ccc5c(c4)C[C@@H](C)O5)[C@H]3c3ccccc3)sc2c1. The van der Waals surface area contributed by atoms with Crippen LogP contribution in [0.5, 0.6) is 5.75 Å². The monoisotopic (exact) mass is 482 g/mol. The Morgan fingerprint density at radius 1 is 1.09 bits per heavy atom. The van der Waals surface area contributed by atoms with Crippen LogP contribution in [0.15, 0.2) is 72.3 Å². The first-order chi connectivity index (χ1) is 16.9. The van der Waals surface area contributed by atoms with E-state index in [1.54, 1.807) is 12.1 Å². The van der Waals surface area contributed by atoms with Crippen molar-refractivity contribution in [3.8, 4) is 5.75 Å². The minimum absolute atomic E-state index is 0.0555. The van der Waals surface area contributed by atoms with Gasteiger partial charge >= 0.3 is 5.91 Å². The number of aromatic nitrogens is 1. The van der Waals surface area contributed by atoms with Crippen LogP contribution >= 0.6 is 11.3 Å². The number of hydrogen-bond donors (Lipinski definition) is 1. The first-order valence-electron chi connectivity index (χ1n) is 11.4. The normalized spacial score (nSPS) is 20.9. The number of ketones is 1. The van der Waals surface area contributed by atoms with Gasteiger partial charge in [-0.1, -0.05) is 47.7 Å². The van der Waals surface area contributed by atoms with Crippen molar-refractivity contribution in [1.82, 2.24) is 4.98 Å². The lowest BCUT2D eigenvalue weighted by Crippen LogP contribution is -2.29. The molecular weight excluding hydrogens is 460 g/mol. The third kappa shape index (κ3) is 3.51. The molecule has 1 N–H and O–H groups in total. The summed E-state index contributed by atoms with van der Waals surface area (Å²) >= 11 is 1.36. The van der Waals surface area contributed by atoms with Crippen LogP contribution in [0.2, 0.25) is 0 Å². The maximum atomic E-state index is 13.4. The first kappa shape index (κ1) is 21.6. The summed E-state index contributed by atoms with van der Waals surface area (Å²) in [4.78, 5) is 32.9. The smallest absolute Gasteiger partial charge is 0.301 e. The third-order valence-corrected chi connectivity index (χ3v) is 7.49. The Morgan fingerprint density at radius 3 is 2.69 bits per heavy atom. The maximum Gasteiger partial charge on any atom is 0.301 e. The number of carbonyl (C=O) groups is 2. The minimum atomic E-state index is -0.790. The number of aryl methyl sites for hydroxylation is 1. The number of fused-ring (bicyclic) bond motifs is 2. The average Bonchev–Trinajstić information content (AvgIpc) is 3.51. The highest BCUT2D eigenvalue weighted by Gasteiger charge is 2.48. The van der Waals surface area contributed by atoms with Crippen molar-refractivity contribution >= 4 is 44.1 Å². The Bertz CT molecular complexity index is 1540. The molecule has 3 heterocycles. The molecule has 174 valence electrons. The van der Waals surface area contributed by atoms with Gasteiger partial charge in [-0.3, -0.25) is 14.5 Å². The number of Topliss-reactive ketones (excluding diaryl/α,β-unsaturated/α-hetero) is 1. The maximum absolute atomic E-state index is 13.4. The summed E-state index contributed by atoms with van der Waals surface area (Å²) < 4.78 is 6.71. The van der Waals surface area contributed by atoms with E-state index < -0.39 is 17.7 Å². The third-order valence-electron chi connectivity index (χ3n) is 6.47. The quantitative estimate of drug-likeness (QED) is 0.235. The van der Waals surface area contributed by atoms with Gasteiger partial charge < -0.3 is 9.84 Å². The lowest BCUT2D eigenvalue weighted by atomic mass is 9.94. The number of hydrogen-bond acceptors (Lipinski definition) is 6. The van der Waals surface area contributed by atoms with Crippen molar-refractivity contribution in [3.63, 3.8) is 0 Å². The molecule has 4 aromatic rings. The number of thiazole rings is 1. The molecule has 1 saturated heterocycles. The second-order valence-corrected chi connectivity index (χ2v) is 10.0. The Morgan fingerprint density at radius 2 is 1.89 bits per heavy atom. The second kappa shape index (κ2) is 8.06. The van der Waals surface area contributed by atoms with E-state index >= 15 is 0 Å². The Balaban J connectivity index is 1.53. The number of amides is 1. The van der Waals surface area contributed by atoms with Gasteiger partial charge in [-0.2, -0.15) is 0 Å². The van der Waals surface area contributed by atoms with E-state index in [0.717, 1.165) is 39.1 Å². The number of aliphatic hydroxyl groups is 1. The van der Waals surface area contributed by atoms with Crippen molar-refractivity contribution < 1.29 is 19.4 Å². The lowest BCUT2D eigenvalue weighted by molar-refractivity contribution is -0.132. The Labute approximate surface area is 206 Å². The number of aliphatic hydroxyl groups excluding tert-OH is 1. The topological polar surface area (TPSA) is 79.7 Å². The Hall–Kier alpha value is -3.97. The van der Waals surface area contributed by atoms with Gasteiger partial charge in [0.15, 0.2) is 5.13 Å². The molecule has 0 unspecified atom stereocenters. The second-order valence-electron chi connectivity index (χ2n) is 9.00. The van der Waals surface area contributed by atoms with E-state index in [0.29, 0.717) is 10.7 Å². The van der Waals surface area contributed by atoms with Gasteiger partial charge in [0.2, 0.25) is 0 Å². The van der Waals surface area contributed by atoms with Gasteiger partial charge in [-0.05, 0) is 60.9 Å². The lowest BCUT2D eigenvalue weighted by Gasteiger charge is -2.23. The molecule has 6 rings (SSSR count). The molecule has 0 aliphatic carbocycles. The number of nitrogens with zero attached hydrogens (tertiary/aromatic N) is 2. The molecule has 2 aliphatic heterocycles. The van der Waals surface area contributed by atoms with Gasteiger partial charge in [-0.15, -0.1) is 0 Å². The predicted octanol–water partition coefficient (Wildman–Crippen LogP) is 5.55. The van der Waals surface area contributed by atoms with Gasteiger partial charge in [0.05, 0.1) is 21.8 Å². The molecular formula is C28H22N2O4S. The van der Waals surface area contributed by atoms with Crippen molar-refractivity contribution in [1.29, 1.82) is 0 Å². The molecule has 0 radical (unpaired) electrons. The fourth-order valence-corrected chi connectivity index (χ4v) is 5.92. The summed E-state index contributed by atoms with van der Waals surface area (Å²) in [6, 6.07) is 19.7. The highest BCUT2D eigenvalue weighted by atomic mass is 32.1. The van der Waals surface area contributed by atoms with Crippen LogP contribution in [0.4, 0.5) is 5.13 Å². The summed E-state index contributed by atoms with van der Waals surface area (Å²) in [5, 5.41) is 11.8. The van der Waals surface area contributed by atoms with Crippen LogP contribution in [0.1, 0.15) is 35.2 Å². The largest absolute Gasteiger partial charge is 0.507 e. The summed E-state index contributed by atoms with van der Waals surface area (Å²) in [7, 11) is 0. The first-order valence-corrected chi connectivity index (χ1v) is 12.3. The summed E-state index contributed by atoms with van der Waals surface area (Å²) in [5.41, 5.74) is 4.08. The summed E-state index contributed by atoms with van der Waals surface area (Å²) in [6.07, 6.45) is 0.776. The molecule has 3 aromatic carbocycles. The van der Waals surface area contributed by atoms with E-state index in [-0.39, 0.29) is 17.4 Å². The zero-order valence-electron chi connectivity index (χ0n) is 19.2. The van der Waals surface area contributed by atoms with E-state index in [2.05, 4.69) is 4.98 Å². The van der Waals surface area contributed by atoms with Gasteiger partial charge in [-0.25, -0.2) is 4.98 Å². The number of anilines is 1. The van der Waals surface area contributed by atoms with Crippen LogP contribution in [0, 0.1) is 6.92 Å². The molecule has 0 bridgehead atoms. The molecule has 2 aliphatic rings. The molecule has 6 nitrogen and oxygen atoms in total. The molecule has 1 aromatic heterocycles. The van der Waals surface area contributed by atoms with E-state index in [1.807, 2.05) is 68.4 Å². The van der Waals surface area contributed by atoms with E-state index in [9.17, 15) is 14.7 Å². The molecule has 7 heteroatoms. The summed E-state index contributed by atoms with van der Waals surface area (Å²) in [6.45, 7) is 3.98. The van der Waals surface area contributed by atoms with Gasteiger partial charge in [0.1, 0.15) is 17.6 Å². The fraction of sp³-hybridized carbons (Fsp3) is 0.179. The predicted molar refractivity (Wildman–Crippen MR) is 136 cm³/mol. The van der Waals surface area contributed by atoms with Crippen LogP contribution < -0.4 is 9.64 Å². The Kier molecular flexibility index (Phi) is 4.96. The zero-order chi connectivity index (χ0) is 24.3. The number of rotatable bonds is 3. The van der Waals surface area contributed by atoms with E-state index in [1.165, 1.54) is 16.2 Å². The van der Waals surface area contributed by atoms with Gasteiger partial charge in [0, 0.05) is 12.0 Å². The molecule has 1 fully saturated rings. The van der Waals surface area contributed by atoms with E-state index in [4.69, 9.17) is 4.74 Å². The van der Waals surface area contributed by atoms with Crippen LogP contribution in [0.25, 0.3) is 16.0 Å². The zero-order valence-corrected chi connectivity index (χ0v) is 20.0. The number of ether oxygens (including phenoxy) is 1. The molecule has 2 atom stereocenters. The highest BCUT2D eigenvalue weighted by Crippen LogP contribution is 2.44. The van der Waals surface area contributed by atoms with Crippen LogP contribution in [-0.4, -0.2) is 27.9 Å². The average molecular weight is 483 g/mol. The van der Waals surface area contributed by atoms with Crippen molar-refractivity contribution in [2.45, 2.75) is 32.4 Å². The van der Waals surface area contributed by atoms with Gasteiger partial charge in [0.25, 0.3) is 5.78 Å². The number of benzene rings is 3. The molecule has 1 amide bonds. The fourth-order valence-electron chi connectivity index (χ4n) is 4.83. The molecule has 35 heavy (non-hydrogen) atoms.